The van der Waals surface area contributed by atoms with Crippen LogP contribution in [0, 0.1) is 0 Å². The van der Waals surface area contributed by atoms with Gasteiger partial charge in [0.15, 0.2) is 15.7 Å². The van der Waals surface area contributed by atoms with Gasteiger partial charge in [-0.2, -0.15) is 0 Å². The van der Waals surface area contributed by atoms with Crippen LogP contribution in [0.15, 0.2) is 30.6 Å². The smallest absolute Gasteiger partial charge is 0.253 e. The Labute approximate surface area is 154 Å². The van der Waals surface area contributed by atoms with E-state index in [-0.39, 0.29) is 11.7 Å². The summed E-state index contributed by atoms with van der Waals surface area (Å²) < 4.78 is 27.1. The van der Waals surface area contributed by atoms with Crippen molar-refractivity contribution in [1.29, 1.82) is 0 Å². The number of aryl methyl sites for hydroxylation is 1. The van der Waals surface area contributed by atoms with E-state index in [4.69, 9.17) is 0 Å². The van der Waals surface area contributed by atoms with Crippen LogP contribution in [0.25, 0.3) is 0 Å². The van der Waals surface area contributed by atoms with E-state index in [9.17, 15) is 13.2 Å². The van der Waals surface area contributed by atoms with Crippen LogP contribution in [0.4, 0.5) is 0 Å². The second-order valence-corrected chi connectivity index (χ2v) is 9.12. The van der Waals surface area contributed by atoms with Crippen molar-refractivity contribution in [3.63, 3.8) is 0 Å². The lowest BCUT2D eigenvalue weighted by Gasteiger charge is -2.26. The molecular formula is C18H24N4O3S. The summed E-state index contributed by atoms with van der Waals surface area (Å²) in [5, 5.41) is 6.89. The Morgan fingerprint density at radius 1 is 1.23 bits per heavy atom. The Morgan fingerprint density at radius 3 is 2.62 bits per heavy atom. The third-order valence-corrected chi connectivity index (χ3v) is 6.86. The van der Waals surface area contributed by atoms with Crippen molar-refractivity contribution in [2.24, 2.45) is 7.05 Å². The number of amides is 1. The summed E-state index contributed by atoms with van der Waals surface area (Å²) in [6.45, 7) is 3.15. The molecule has 0 aliphatic carbocycles. The van der Waals surface area contributed by atoms with Crippen LogP contribution in [-0.4, -0.2) is 47.1 Å². The summed E-state index contributed by atoms with van der Waals surface area (Å²) in [5.74, 6) is 0.248. The van der Waals surface area contributed by atoms with Crippen molar-refractivity contribution in [2.75, 3.05) is 13.1 Å². The van der Waals surface area contributed by atoms with E-state index in [1.54, 1.807) is 42.8 Å². The van der Waals surface area contributed by atoms with Crippen LogP contribution in [-0.2, 0) is 22.6 Å². The van der Waals surface area contributed by atoms with Crippen molar-refractivity contribution in [1.82, 2.24) is 19.7 Å². The summed E-state index contributed by atoms with van der Waals surface area (Å²) >= 11 is 0. The Hall–Kier alpha value is -2.22. The third-order valence-electron chi connectivity index (χ3n) is 4.83. The van der Waals surface area contributed by atoms with Crippen LogP contribution < -0.4 is 0 Å². The molecule has 26 heavy (non-hydrogen) atoms. The fraction of sp³-hybridized carbons (Fsp3) is 0.500. The molecular weight excluding hydrogens is 352 g/mol. The zero-order valence-corrected chi connectivity index (χ0v) is 15.9. The SMILES string of the molecule is CC(c1nncn1C)S(=O)(=O)Cc1cccc(C(=O)N2CCCCC2)c1. The first-order valence-electron chi connectivity index (χ1n) is 8.82. The number of benzene rings is 1. The molecule has 1 aliphatic rings. The van der Waals surface area contributed by atoms with E-state index in [0.717, 1.165) is 32.4 Å². The molecule has 1 atom stereocenters. The molecule has 0 spiro atoms. The minimum atomic E-state index is -3.47. The molecule has 2 aromatic rings. The molecule has 1 amide bonds. The minimum absolute atomic E-state index is 0.0229. The molecule has 0 saturated carbocycles. The van der Waals surface area contributed by atoms with Crippen LogP contribution in [0.5, 0.6) is 0 Å². The Kier molecular flexibility index (Phi) is 5.41. The normalized spacial score (nSPS) is 16.5. The fourth-order valence-corrected chi connectivity index (χ4v) is 4.68. The van der Waals surface area contributed by atoms with Gasteiger partial charge >= 0.3 is 0 Å². The monoisotopic (exact) mass is 376 g/mol. The molecule has 7 nitrogen and oxygen atoms in total. The first-order chi connectivity index (χ1) is 12.4. The highest BCUT2D eigenvalue weighted by molar-refractivity contribution is 7.90. The van der Waals surface area contributed by atoms with Crippen molar-refractivity contribution >= 4 is 15.7 Å². The number of piperidine rings is 1. The van der Waals surface area contributed by atoms with Gasteiger partial charge in [0.1, 0.15) is 11.6 Å². The number of carbonyl (C=O) groups excluding carboxylic acids is 1. The summed E-state index contributed by atoms with van der Waals surface area (Å²) in [4.78, 5) is 14.5. The number of hydrogen-bond acceptors (Lipinski definition) is 5. The van der Waals surface area contributed by atoms with E-state index in [2.05, 4.69) is 10.2 Å². The maximum absolute atomic E-state index is 12.8. The van der Waals surface area contributed by atoms with E-state index in [1.807, 2.05) is 4.90 Å². The lowest BCUT2D eigenvalue weighted by molar-refractivity contribution is 0.0724. The molecule has 1 saturated heterocycles. The largest absolute Gasteiger partial charge is 0.339 e. The molecule has 0 radical (unpaired) electrons. The average molecular weight is 376 g/mol. The van der Waals surface area contributed by atoms with Gasteiger partial charge in [-0.3, -0.25) is 4.79 Å². The number of nitrogens with zero attached hydrogens (tertiary/aromatic N) is 4. The lowest BCUT2D eigenvalue weighted by atomic mass is 10.1. The highest BCUT2D eigenvalue weighted by Crippen LogP contribution is 2.24. The van der Waals surface area contributed by atoms with Crippen molar-refractivity contribution in [3.05, 3.63) is 47.5 Å². The molecule has 1 unspecified atom stereocenters. The van der Waals surface area contributed by atoms with Gasteiger partial charge in [-0.25, -0.2) is 8.42 Å². The molecule has 140 valence electrons. The molecule has 0 bridgehead atoms. The van der Waals surface area contributed by atoms with Crippen LogP contribution >= 0.6 is 0 Å². The predicted molar refractivity (Wildman–Crippen MR) is 98.2 cm³/mol. The first kappa shape index (κ1) is 18.6. The number of sulfone groups is 1. The molecule has 8 heteroatoms. The molecule has 1 aliphatic heterocycles. The first-order valence-corrected chi connectivity index (χ1v) is 10.5. The number of likely N-dealkylation sites (tertiary alicyclic amines) is 1. The van der Waals surface area contributed by atoms with Gasteiger partial charge in [0.05, 0.1) is 5.75 Å². The average Bonchev–Trinajstić information content (AvgIpc) is 3.06. The van der Waals surface area contributed by atoms with Crippen molar-refractivity contribution in [2.45, 2.75) is 37.2 Å². The van der Waals surface area contributed by atoms with Gasteiger partial charge in [-0.1, -0.05) is 12.1 Å². The second-order valence-electron chi connectivity index (χ2n) is 6.80. The minimum Gasteiger partial charge on any atom is -0.339 e. The Morgan fingerprint density at radius 2 is 1.96 bits per heavy atom. The lowest BCUT2D eigenvalue weighted by Crippen LogP contribution is -2.35. The maximum Gasteiger partial charge on any atom is 0.253 e. The van der Waals surface area contributed by atoms with Crippen molar-refractivity contribution < 1.29 is 13.2 Å². The topological polar surface area (TPSA) is 85.2 Å². The molecule has 1 fully saturated rings. The zero-order chi connectivity index (χ0) is 18.7. The van der Waals surface area contributed by atoms with E-state index in [0.29, 0.717) is 17.0 Å². The number of aromatic nitrogens is 3. The number of hydrogen-bond donors (Lipinski definition) is 0. The summed E-state index contributed by atoms with van der Waals surface area (Å²) in [5.41, 5.74) is 1.16. The van der Waals surface area contributed by atoms with Gasteiger partial charge in [0.2, 0.25) is 0 Å². The number of carbonyl (C=O) groups is 1. The summed E-state index contributed by atoms with van der Waals surface area (Å²) in [7, 11) is -1.75. The highest BCUT2D eigenvalue weighted by Gasteiger charge is 2.27. The van der Waals surface area contributed by atoms with Gasteiger partial charge in [-0.05, 0) is 43.9 Å². The quantitative estimate of drug-likeness (QED) is 0.798. The Balaban J connectivity index is 1.77. The molecule has 3 rings (SSSR count). The van der Waals surface area contributed by atoms with Crippen LogP contribution in [0.1, 0.15) is 53.2 Å². The van der Waals surface area contributed by atoms with Crippen LogP contribution in [0.2, 0.25) is 0 Å². The predicted octanol–water partition coefficient (Wildman–Crippen LogP) is 2.12. The van der Waals surface area contributed by atoms with Gasteiger partial charge in [-0.15, -0.1) is 10.2 Å². The summed E-state index contributed by atoms with van der Waals surface area (Å²) in [6.07, 6.45) is 4.69. The van der Waals surface area contributed by atoms with Gasteiger partial charge in [0, 0.05) is 25.7 Å². The standard InChI is InChI=1S/C18H24N4O3S/c1-14(17-20-19-13-21(17)2)26(24,25)12-15-7-6-8-16(11-15)18(23)22-9-4-3-5-10-22/h6-8,11,13-14H,3-5,9-10,12H2,1-2H3. The third kappa shape index (κ3) is 3.95. The zero-order valence-electron chi connectivity index (χ0n) is 15.1. The molecule has 1 aromatic carbocycles. The van der Waals surface area contributed by atoms with Crippen LogP contribution in [0.3, 0.4) is 0 Å². The summed E-state index contributed by atoms with van der Waals surface area (Å²) in [6, 6.07) is 6.93. The molecule has 1 aromatic heterocycles. The maximum atomic E-state index is 12.8. The number of rotatable bonds is 5. The van der Waals surface area contributed by atoms with Crippen molar-refractivity contribution in [3.8, 4) is 0 Å². The highest BCUT2D eigenvalue weighted by atomic mass is 32.2. The van der Waals surface area contributed by atoms with E-state index < -0.39 is 15.1 Å². The van der Waals surface area contributed by atoms with E-state index >= 15 is 0 Å². The Bertz CT molecular complexity index is 885. The van der Waals surface area contributed by atoms with Gasteiger partial charge in [0.25, 0.3) is 5.91 Å². The molecule has 0 N–H and O–H groups in total. The fourth-order valence-electron chi connectivity index (χ4n) is 3.25. The van der Waals surface area contributed by atoms with E-state index in [1.165, 1.54) is 6.33 Å². The van der Waals surface area contributed by atoms with Gasteiger partial charge < -0.3 is 9.47 Å². The second kappa shape index (κ2) is 7.57. The molecule has 2 heterocycles.